The molecule has 1 atom stereocenters. The van der Waals surface area contributed by atoms with Crippen LogP contribution < -0.4 is 15.1 Å². The van der Waals surface area contributed by atoms with Crippen molar-refractivity contribution in [2.75, 3.05) is 75.0 Å². The van der Waals surface area contributed by atoms with Gasteiger partial charge in [-0.05, 0) is 50.7 Å². The normalized spacial score (nSPS) is 18.8. The Kier molecular flexibility index (Phi) is 6.28. The Balaban J connectivity index is 1.29. The highest BCUT2D eigenvalue weighted by atomic mass is 16.3. The molecule has 1 amide bonds. The molecule has 2 aliphatic heterocycles. The van der Waals surface area contributed by atoms with Crippen LogP contribution in [0.3, 0.4) is 0 Å². The maximum Gasteiger partial charge on any atom is 0.229 e. The zero-order chi connectivity index (χ0) is 23.7. The summed E-state index contributed by atoms with van der Waals surface area (Å²) < 4.78 is 5.75. The minimum Gasteiger partial charge on any atom is -0.459 e. The first-order chi connectivity index (χ1) is 16.5. The predicted molar refractivity (Wildman–Crippen MR) is 135 cm³/mol. The number of fused-ring (bicyclic) bond motifs is 1. The van der Waals surface area contributed by atoms with Crippen molar-refractivity contribution in [1.29, 1.82) is 0 Å². The second-order valence-corrected chi connectivity index (χ2v) is 9.53. The summed E-state index contributed by atoms with van der Waals surface area (Å²) in [4.78, 5) is 29.9. The first-order valence-corrected chi connectivity index (χ1v) is 12.0. The molecule has 2 aliphatic rings. The van der Waals surface area contributed by atoms with Gasteiger partial charge in [-0.3, -0.25) is 4.79 Å². The summed E-state index contributed by atoms with van der Waals surface area (Å²) in [6.07, 6.45) is 2.83. The Morgan fingerprint density at radius 3 is 2.53 bits per heavy atom. The lowest BCUT2D eigenvalue weighted by Crippen LogP contribution is -2.48. The summed E-state index contributed by atoms with van der Waals surface area (Å²) in [6, 6.07) is 10.2. The number of piperazine rings is 1. The molecule has 1 unspecified atom stereocenters. The fraction of sp³-hybridized carbons (Fsp3) is 0.480. The SMILES string of the molecule is CC(=O)N1CCN(c2ccc(Nc3nc(N4CCC(CN(C)C)C4)c4occc4n3)cc2)CC1. The molecule has 2 saturated heterocycles. The van der Waals surface area contributed by atoms with E-state index in [1.54, 1.807) is 13.2 Å². The van der Waals surface area contributed by atoms with E-state index in [0.717, 1.165) is 80.5 Å². The maximum atomic E-state index is 11.6. The van der Waals surface area contributed by atoms with E-state index in [-0.39, 0.29) is 5.91 Å². The molecule has 3 aromatic rings. The van der Waals surface area contributed by atoms with Crippen molar-refractivity contribution in [3.05, 3.63) is 36.6 Å². The highest BCUT2D eigenvalue weighted by molar-refractivity contribution is 5.86. The number of hydrogen-bond donors (Lipinski definition) is 1. The van der Waals surface area contributed by atoms with Crippen molar-refractivity contribution in [3.8, 4) is 0 Å². The summed E-state index contributed by atoms with van der Waals surface area (Å²) in [5.74, 6) is 2.20. The molecular weight excluding hydrogens is 430 g/mol. The molecule has 34 heavy (non-hydrogen) atoms. The molecule has 0 saturated carbocycles. The molecule has 4 heterocycles. The van der Waals surface area contributed by atoms with Gasteiger partial charge in [0.15, 0.2) is 11.4 Å². The van der Waals surface area contributed by atoms with Crippen molar-refractivity contribution in [2.45, 2.75) is 13.3 Å². The number of aromatic nitrogens is 2. The molecule has 2 fully saturated rings. The first-order valence-electron chi connectivity index (χ1n) is 12.0. The van der Waals surface area contributed by atoms with Gasteiger partial charge < -0.3 is 29.3 Å². The number of nitrogens with zero attached hydrogens (tertiary/aromatic N) is 6. The van der Waals surface area contributed by atoms with Crippen molar-refractivity contribution < 1.29 is 9.21 Å². The number of carbonyl (C=O) groups is 1. The number of amides is 1. The quantitative estimate of drug-likeness (QED) is 0.598. The van der Waals surface area contributed by atoms with Crippen molar-refractivity contribution in [2.24, 2.45) is 5.92 Å². The van der Waals surface area contributed by atoms with Gasteiger partial charge in [0.25, 0.3) is 0 Å². The fourth-order valence-electron chi connectivity index (χ4n) is 4.97. The van der Waals surface area contributed by atoms with Crippen LogP contribution in [0.15, 0.2) is 41.0 Å². The van der Waals surface area contributed by atoms with E-state index >= 15 is 0 Å². The second-order valence-electron chi connectivity index (χ2n) is 9.53. The Labute approximate surface area is 200 Å². The van der Waals surface area contributed by atoms with Gasteiger partial charge in [0.2, 0.25) is 11.9 Å². The summed E-state index contributed by atoms with van der Waals surface area (Å²) >= 11 is 0. The van der Waals surface area contributed by atoms with Crippen LogP contribution in [0.2, 0.25) is 0 Å². The van der Waals surface area contributed by atoms with Crippen LogP contribution in [-0.4, -0.2) is 85.6 Å². The molecule has 5 rings (SSSR count). The van der Waals surface area contributed by atoms with Gasteiger partial charge in [0.05, 0.1) is 6.26 Å². The van der Waals surface area contributed by atoms with E-state index in [1.165, 1.54) is 0 Å². The summed E-state index contributed by atoms with van der Waals surface area (Å²) in [7, 11) is 4.24. The number of rotatable bonds is 6. The number of hydrogen-bond acceptors (Lipinski definition) is 8. The average molecular weight is 464 g/mol. The summed E-state index contributed by atoms with van der Waals surface area (Å²) in [5, 5.41) is 3.38. The Morgan fingerprint density at radius 2 is 1.82 bits per heavy atom. The van der Waals surface area contributed by atoms with Gasteiger partial charge in [0, 0.05) is 70.2 Å². The molecule has 1 aromatic carbocycles. The minimum atomic E-state index is 0.148. The molecule has 0 bridgehead atoms. The molecule has 180 valence electrons. The van der Waals surface area contributed by atoms with Crippen LogP contribution in [0, 0.1) is 5.92 Å². The third kappa shape index (κ3) is 4.79. The molecule has 0 spiro atoms. The smallest absolute Gasteiger partial charge is 0.229 e. The third-order valence-electron chi connectivity index (χ3n) is 6.71. The van der Waals surface area contributed by atoms with Crippen LogP contribution in [-0.2, 0) is 4.79 Å². The highest BCUT2D eigenvalue weighted by Crippen LogP contribution is 2.31. The number of carbonyl (C=O) groups excluding carboxylic acids is 1. The van der Waals surface area contributed by atoms with Crippen LogP contribution in [0.5, 0.6) is 0 Å². The van der Waals surface area contributed by atoms with Crippen molar-refractivity contribution >= 4 is 40.1 Å². The zero-order valence-corrected chi connectivity index (χ0v) is 20.2. The Bertz CT molecular complexity index is 1140. The van der Waals surface area contributed by atoms with Crippen molar-refractivity contribution in [3.63, 3.8) is 0 Å². The second kappa shape index (κ2) is 9.50. The molecule has 1 N–H and O–H groups in total. The lowest BCUT2D eigenvalue weighted by molar-refractivity contribution is -0.129. The number of nitrogens with one attached hydrogen (secondary N) is 1. The van der Waals surface area contributed by atoms with Crippen LogP contribution >= 0.6 is 0 Å². The molecule has 2 aromatic heterocycles. The number of furan rings is 1. The van der Waals surface area contributed by atoms with E-state index in [2.05, 4.69) is 63.4 Å². The standard InChI is InChI=1S/C25H33N7O2/c1-18(33)30-11-13-31(14-12-30)21-6-4-20(5-7-21)26-25-27-22-9-15-34-23(22)24(28-25)32-10-8-19(17-32)16-29(2)3/h4-7,9,15,19H,8,10-14,16-17H2,1-3H3,(H,26,27,28). The number of benzene rings is 1. The number of anilines is 4. The molecule has 9 nitrogen and oxygen atoms in total. The largest absolute Gasteiger partial charge is 0.459 e. The average Bonchev–Trinajstić information content (AvgIpc) is 3.48. The molecular formula is C25H33N7O2. The Morgan fingerprint density at radius 1 is 1.06 bits per heavy atom. The third-order valence-corrected chi connectivity index (χ3v) is 6.71. The molecule has 0 radical (unpaired) electrons. The van der Waals surface area contributed by atoms with Crippen LogP contribution in [0.1, 0.15) is 13.3 Å². The lowest BCUT2D eigenvalue weighted by atomic mass is 10.1. The van der Waals surface area contributed by atoms with E-state index in [4.69, 9.17) is 9.40 Å². The summed E-state index contributed by atoms with van der Waals surface area (Å²) in [5.41, 5.74) is 3.65. The van der Waals surface area contributed by atoms with Gasteiger partial charge in [-0.2, -0.15) is 4.98 Å². The highest BCUT2D eigenvalue weighted by Gasteiger charge is 2.27. The van der Waals surface area contributed by atoms with E-state index < -0.39 is 0 Å². The molecule has 9 heteroatoms. The van der Waals surface area contributed by atoms with Gasteiger partial charge in [-0.25, -0.2) is 4.98 Å². The van der Waals surface area contributed by atoms with Gasteiger partial charge in [-0.1, -0.05) is 0 Å². The van der Waals surface area contributed by atoms with Gasteiger partial charge in [0.1, 0.15) is 5.52 Å². The van der Waals surface area contributed by atoms with E-state index in [0.29, 0.717) is 11.9 Å². The fourth-order valence-corrected chi connectivity index (χ4v) is 4.97. The lowest BCUT2D eigenvalue weighted by Gasteiger charge is -2.35. The predicted octanol–water partition coefficient (Wildman–Crippen LogP) is 3.02. The van der Waals surface area contributed by atoms with E-state index in [1.807, 2.05) is 11.0 Å². The van der Waals surface area contributed by atoms with E-state index in [9.17, 15) is 4.79 Å². The molecule has 0 aliphatic carbocycles. The van der Waals surface area contributed by atoms with Crippen molar-refractivity contribution in [1.82, 2.24) is 19.8 Å². The first kappa shape index (κ1) is 22.5. The van der Waals surface area contributed by atoms with Gasteiger partial charge >= 0.3 is 0 Å². The zero-order valence-electron chi connectivity index (χ0n) is 20.2. The van der Waals surface area contributed by atoms with Crippen LogP contribution in [0.25, 0.3) is 11.1 Å². The topological polar surface area (TPSA) is 81.0 Å². The Hall–Kier alpha value is -3.33. The maximum absolute atomic E-state index is 11.6. The minimum absolute atomic E-state index is 0.148. The van der Waals surface area contributed by atoms with Crippen LogP contribution in [0.4, 0.5) is 23.1 Å². The summed E-state index contributed by atoms with van der Waals surface area (Å²) in [6.45, 7) is 7.87. The van der Waals surface area contributed by atoms with Gasteiger partial charge in [-0.15, -0.1) is 0 Å². The monoisotopic (exact) mass is 463 g/mol.